The molecule has 0 atom stereocenters. The van der Waals surface area contributed by atoms with E-state index in [0.717, 1.165) is 41.2 Å². The first-order valence-corrected chi connectivity index (χ1v) is 10.7. The van der Waals surface area contributed by atoms with Crippen molar-refractivity contribution < 1.29 is 9.47 Å². The summed E-state index contributed by atoms with van der Waals surface area (Å²) in [5.74, 6) is 1.84. The molecule has 1 heterocycles. The Morgan fingerprint density at radius 2 is 1.39 bits per heavy atom. The zero-order chi connectivity index (χ0) is 20.9. The van der Waals surface area contributed by atoms with Crippen molar-refractivity contribution in [2.45, 2.75) is 13.0 Å². The fraction of sp³-hybridized carbons (Fsp3) is 0.103. The second-order valence-corrected chi connectivity index (χ2v) is 7.66. The van der Waals surface area contributed by atoms with Crippen LogP contribution >= 0.6 is 0 Å². The molecule has 0 unspecified atom stereocenters. The molecule has 0 fully saturated rings. The molecule has 152 valence electrons. The topological polar surface area (TPSA) is 18.5 Å². The third kappa shape index (κ3) is 4.39. The molecule has 0 aromatic heterocycles. The maximum absolute atomic E-state index is 6.32. The van der Waals surface area contributed by atoms with Crippen LogP contribution in [0.3, 0.4) is 0 Å². The Morgan fingerprint density at radius 3 is 2.03 bits per heavy atom. The molecular weight excluding hydrogens is 380 g/mol. The third-order valence-electron chi connectivity index (χ3n) is 5.53. The fourth-order valence-electron chi connectivity index (χ4n) is 3.92. The monoisotopic (exact) mass is 404 g/mol. The van der Waals surface area contributed by atoms with E-state index in [1.807, 2.05) is 30.3 Å². The summed E-state index contributed by atoms with van der Waals surface area (Å²) >= 11 is 0. The first kappa shape index (κ1) is 19.2. The average molecular weight is 405 g/mol. The summed E-state index contributed by atoms with van der Waals surface area (Å²) in [6, 6.07) is 35.5. The summed E-state index contributed by atoms with van der Waals surface area (Å²) in [6.45, 7) is 1.26. The molecule has 4 aromatic carbocycles. The van der Waals surface area contributed by atoms with Crippen molar-refractivity contribution in [2.24, 2.45) is 0 Å². The highest BCUT2D eigenvalue weighted by molar-refractivity contribution is 5.92. The summed E-state index contributed by atoms with van der Waals surface area (Å²) in [6.07, 6.45) is 3.14. The normalized spacial score (nSPS) is 12.0. The quantitative estimate of drug-likeness (QED) is 0.329. The van der Waals surface area contributed by atoms with E-state index in [1.165, 1.54) is 16.7 Å². The van der Waals surface area contributed by atoms with Gasteiger partial charge in [-0.2, -0.15) is 0 Å². The maximum atomic E-state index is 6.32. The number of fused-ring (bicyclic) bond motifs is 1. The van der Waals surface area contributed by atoms with Gasteiger partial charge in [0, 0.05) is 17.5 Å². The van der Waals surface area contributed by atoms with E-state index in [-0.39, 0.29) is 0 Å². The molecular formula is C29H24O2. The smallest absolute Gasteiger partial charge is 0.127 e. The van der Waals surface area contributed by atoms with Gasteiger partial charge in [0.05, 0.1) is 6.61 Å². The molecule has 0 spiro atoms. The van der Waals surface area contributed by atoms with Crippen LogP contribution in [-0.2, 0) is 13.0 Å². The van der Waals surface area contributed by atoms with Crippen molar-refractivity contribution in [1.82, 2.24) is 0 Å². The number of rotatable bonds is 6. The van der Waals surface area contributed by atoms with Crippen LogP contribution in [0.15, 0.2) is 103 Å². The minimum absolute atomic E-state index is 0.535. The molecule has 0 N–H and O–H groups in total. The van der Waals surface area contributed by atoms with Crippen LogP contribution in [0.25, 0.3) is 11.6 Å². The van der Waals surface area contributed by atoms with Gasteiger partial charge in [0.2, 0.25) is 0 Å². The predicted octanol–water partition coefficient (Wildman–Crippen LogP) is 6.79. The molecule has 2 nitrogen and oxygen atoms in total. The van der Waals surface area contributed by atoms with E-state index in [4.69, 9.17) is 9.47 Å². The number of hydrogen-bond donors (Lipinski definition) is 0. The van der Waals surface area contributed by atoms with Crippen LogP contribution in [0.1, 0.15) is 27.8 Å². The summed E-state index contributed by atoms with van der Waals surface area (Å²) in [5.41, 5.74) is 6.89. The Labute approximate surface area is 183 Å². The van der Waals surface area contributed by atoms with Crippen LogP contribution < -0.4 is 9.47 Å². The lowest BCUT2D eigenvalue weighted by molar-refractivity contribution is 0.305. The number of benzene rings is 4. The second kappa shape index (κ2) is 8.93. The molecule has 0 saturated carbocycles. The van der Waals surface area contributed by atoms with Crippen molar-refractivity contribution in [3.8, 4) is 11.5 Å². The average Bonchev–Trinajstić information content (AvgIpc) is 3.30. The minimum Gasteiger partial charge on any atom is -0.493 e. The molecule has 0 aliphatic carbocycles. The third-order valence-corrected chi connectivity index (χ3v) is 5.53. The van der Waals surface area contributed by atoms with E-state index in [9.17, 15) is 0 Å². The first-order chi connectivity index (χ1) is 15.4. The lowest BCUT2D eigenvalue weighted by atomic mass is 9.95. The molecule has 5 rings (SSSR count). The zero-order valence-electron chi connectivity index (χ0n) is 17.3. The Bertz CT molecular complexity index is 1140. The maximum Gasteiger partial charge on any atom is 0.127 e. The van der Waals surface area contributed by atoms with E-state index in [0.29, 0.717) is 6.61 Å². The van der Waals surface area contributed by atoms with Crippen LogP contribution in [0, 0.1) is 0 Å². The Balaban J connectivity index is 1.59. The minimum atomic E-state index is 0.535. The Hall–Kier alpha value is -3.78. The largest absolute Gasteiger partial charge is 0.493 e. The highest BCUT2D eigenvalue weighted by atomic mass is 16.5. The number of hydrogen-bond acceptors (Lipinski definition) is 2. The highest BCUT2D eigenvalue weighted by Gasteiger charge is 2.17. The van der Waals surface area contributed by atoms with E-state index < -0.39 is 0 Å². The predicted molar refractivity (Wildman–Crippen MR) is 126 cm³/mol. The van der Waals surface area contributed by atoms with Gasteiger partial charge in [0.15, 0.2) is 0 Å². The highest BCUT2D eigenvalue weighted by Crippen LogP contribution is 2.36. The van der Waals surface area contributed by atoms with Gasteiger partial charge in [-0.1, -0.05) is 91.0 Å². The van der Waals surface area contributed by atoms with Crippen LogP contribution in [0.4, 0.5) is 0 Å². The SMILES string of the molecule is C(=C(c1ccccc1)c1ccccc1)c1cc2c(cc1OCc1ccccc1)CCO2. The van der Waals surface area contributed by atoms with Gasteiger partial charge in [0.25, 0.3) is 0 Å². The summed E-state index contributed by atoms with van der Waals surface area (Å²) < 4.78 is 12.2. The van der Waals surface area contributed by atoms with Gasteiger partial charge in [0.1, 0.15) is 18.1 Å². The van der Waals surface area contributed by atoms with Crippen molar-refractivity contribution in [2.75, 3.05) is 6.61 Å². The Kier molecular flexibility index (Phi) is 5.53. The lowest BCUT2D eigenvalue weighted by Gasteiger charge is -2.14. The molecule has 2 heteroatoms. The van der Waals surface area contributed by atoms with Crippen molar-refractivity contribution in [1.29, 1.82) is 0 Å². The fourth-order valence-corrected chi connectivity index (χ4v) is 3.92. The summed E-state index contributed by atoms with van der Waals surface area (Å²) in [7, 11) is 0. The molecule has 0 bridgehead atoms. The van der Waals surface area contributed by atoms with Gasteiger partial charge in [-0.15, -0.1) is 0 Å². The van der Waals surface area contributed by atoms with Gasteiger partial charge in [-0.3, -0.25) is 0 Å². The molecule has 31 heavy (non-hydrogen) atoms. The molecule has 0 amide bonds. The Morgan fingerprint density at radius 1 is 0.774 bits per heavy atom. The molecule has 0 saturated heterocycles. The van der Waals surface area contributed by atoms with Crippen molar-refractivity contribution in [3.05, 3.63) is 131 Å². The molecule has 1 aliphatic rings. The summed E-state index contributed by atoms with van der Waals surface area (Å²) in [5, 5.41) is 0. The van der Waals surface area contributed by atoms with E-state index in [1.54, 1.807) is 0 Å². The van der Waals surface area contributed by atoms with Crippen molar-refractivity contribution >= 4 is 11.6 Å². The zero-order valence-corrected chi connectivity index (χ0v) is 17.3. The molecule has 1 aliphatic heterocycles. The second-order valence-electron chi connectivity index (χ2n) is 7.66. The number of ether oxygens (including phenoxy) is 2. The van der Waals surface area contributed by atoms with E-state index >= 15 is 0 Å². The summed E-state index contributed by atoms with van der Waals surface area (Å²) in [4.78, 5) is 0. The van der Waals surface area contributed by atoms with Gasteiger partial charge < -0.3 is 9.47 Å². The molecule has 0 radical (unpaired) electrons. The van der Waals surface area contributed by atoms with Gasteiger partial charge in [-0.05, 0) is 40.5 Å². The van der Waals surface area contributed by atoms with E-state index in [2.05, 4.69) is 78.9 Å². The van der Waals surface area contributed by atoms with Crippen LogP contribution in [-0.4, -0.2) is 6.61 Å². The van der Waals surface area contributed by atoms with Crippen LogP contribution in [0.2, 0.25) is 0 Å². The standard InChI is InChI=1S/C29H24O2/c1-4-10-22(11-5-1)21-31-29-19-25-16-17-30-28(25)20-26(29)18-27(23-12-6-2-7-13-23)24-14-8-3-9-15-24/h1-15,18-20H,16-17,21H2. The van der Waals surface area contributed by atoms with Crippen LogP contribution in [0.5, 0.6) is 11.5 Å². The lowest BCUT2D eigenvalue weighted by Crippen LogP contribution is -1.98. The molecule has 4 aromatic rings. The van der Waals surface area contributed by atoms with Gasteiger partial charge >= 0.3 is 0 Å². The first-order valence-electron chi connectivity index (χ1n) is 10.7. The van der Waals surface area contributed by atoms with Crippen molar-refractivity contribution in [3.63, 3.8) is 0 Å². The van der Waals surface area contributed by atoms with Gasteiger partial charge in [-0.25, -0.2) is 0 Å².